The van der Waals surface area contributed by atoms with Crippen molar-refractivity contribution in [3.63, 3.8) is 0 Å². The summed E-state index contributed by atoms with van der Waals surface area (Å²) in [6, 6.07) is 4.88. The molecule has 6 heteroatoms. The lowest BCUT2D eigenvalue weighted by molar-refractivity contribution is -0.146. The Morgan fingerprint density at radius 1 is 1.30 bits per heavy atom. The van der Waals surface area contributed by atoms with Gasteiger partial charge in [-0.15, -0.1) is 6.58 Å². The maximum absolute atomic E-state index is 12.5. The summed E-state index contributed by atoms with van der Waals surface area (Å²) >= 11 is 0. The minimum Gasteiger partial charge on any atom is -0.469 e. The summed E-state index contributed by atoms with van der Waals surface area (Å²) in [5, 5.41) is 0. The van der Waals surface area contributed by atoms with Crippen LogP contribution >= 0.6 is 0 Å². The Labute approximate surface area is 133 Å². The Morgan fingerprint density at radius 2 is 1.96 bits per heavy atom. The minimum atomic E-state index is -4.34. The number of allylic oxidation sites excluding steroid dienone is 1. The number of carbonyl (C=O) groups excluding carboxylic acids is 1. The Balaban J connectivity index is 1.91. The molecule has 0 heterocycles. The van der Waals surface area contributed by atoms with E-state index < -0.39 is 11.7 Å². The number of hydrogen-bond acceptors (Lipinski definition) is 3. The lowest BCUT2D eigenvalue weighted by Crippen LogP contribution is -2.19. The molecule has 0 saturated heterocycles. The average Bonchev–Trinajstić information content (AvgIpc) is 2.95. The Bertz CT molecular complexity index is 551. The van der Waals surface area contributed by atoms with Crippen LogP contribution in [0.1, 0.15) is 24.0 Å². The zero-order valence-electron chi connectivity index (χ0n) is 12.8. The summed E-state index contributed by atoms with van der Waals surface area (Å²) in [7, 11) is 1.35. The third kappa shape index (κ3) is 4.34. The van der Waals surface area contributed by atoms with Crippen molar-refractivity contribution in [1.82, 2.24) is 0 Å². The zero-order chi connectivity index (χ0) is 17.0. The van der Waals surface area contributed by atoms with Crippen molar-refractivity contribution < 1.29 is 27.4 Å². The highest BCUT2D eigenvalue weighted by molar-refractivity contribution is 5.73. The van der Waals surface area contributed by atoms with Crippen LogP contribution in [-0.4, -0.2) is 19.2 Å². The summed E-state index contributed by atoms with van der Waals surface area (Å²) in [6.07, 6.45) is -1.56. The van der Waals surface area contributed by atoms with Crippen molar-refractivity contribution in [2.75, 3.05) is 7.11 Å². The number of rotatable bonds is 5. The van der Waals surface area contributed by atoms with Crippen molar-refractivity contribution in [3.8, 4) is 0 Å². The molecule has 1 aromatic rings. The fraction of sp³-hybridized carbons (Fsp3) is 0.471. The molecule has 0 bridgehead atoms. The Morgan fingerprint density at radius 3 is 2.48 bits per heavy atom. The number of alkyl halides is 3. The van der Waals surface area contributed by atoms with Crippen LogP contribution in [0.15, 0.2) is 36.9 Å². The normalized spacial score (nSPS) is 24.4. The van der Waals surface area contributed by atoms with Crippen LogP contribution in [0.2, 0.25) is 0 Å². The molecular weight excluding hydrogens is 309 g/mol. The van der Waals surface area contributed by atoms with E-state index in [4.69, 9.17) is 9.47 Å². The number of halogens is 3. The van der Waals surface area contributed by atoms with Gasteiger partial charge in [-0.1, -0.05) is 18.2 Å². The highest BCUT2D eigenvalue weighted by Gasteiger charge is 2.38. The molecule has 3 atom stereocenters. The summed E-state index contributed by atoms with van der Waals surface area (Å²) < 4.78 is 48.0. The largest absolute Gasteiger partial charge is 0.469 e. The van der Waals surface area contributed by atoms with Gasteiger partial charge in [-0.05, 0) is 36.5 Å². The van der Waals surface area contributed by atoms with E-state index in [9.17, 15) is 18.0 Å². The molecule has 0 spiro atoms. The number of carbonyl (C=O) groups is 1. The monoisotopic (exact) mass is 328 g/mol. The maximum atomic E-state index is 12.5. The van der Waals surface area contributed by atoms with E-state index in [2.05, 4.69) is 6.58 Å². The van der Waals surface area contributed by atoms with Crippen LogP contribution in [0.3, 0.4) is 0 Å². The van der Waals surface area contributed by atoms with Gasteiger partial charge in [0.1, 0.15) is 0 Å². The number of esters is 1. The van der Waals surface area contributed by atoms with Gasteiger partial charge in [0.2, 0.25) is 0 Å². The quantitative estimate of drug-likeness (QED) is 0.606. The molecule has 1 fully saturated rings. The van der Waals surface area contributed by atoms with E-state index >= 15 is 0 Å². The number of ether oxygens (including phenoxy) is 2. The minimum absolute atomic E-state index is 0.0000513. The summed E-state index contributed by atoms with van der Waals surface area (Å²) in [5.74, 6) is -0.550. The van der Waals surface area contributed by atoms with E-state index in [1.165, 1.54) is 19.2 Å². The standard InChI is InChI=1S/C17H19F3O3/c1-3-12-8-14(9-15(12)16(21)22-2)23-10-11-4-6-13(7-5-11)17(18,19)20/h3-7,12,14-15H,1,8-10H2,2H3/t12-,14+,15+/m1/s1. The number of methoxy groups -OCH3 is 1. The molecular formula is C17H19F3O3. The van der Waals surface area contributed by atoms with Crippen LogP contribution in [0.4, 0.5) is 13.2 Å². The summed E-state index contributed by atoms with van der Waals surface area (Å²) in [4.78, 5) is 11.7. The molecule has 126 valence electrons. The van der Waals surface area contributed by atoms with Crippen molar-refractivity contribution in [3.05, 3.63) is 48.0 Å². The topological polar surface area (TPSA) is 35.5 Å². The second kappa shape index (κ2) is 7.17. The van der Waals surface area contributed by atoms with Gasteiger partial charge in [0.05, 0.1) is 31.3 Å². The molecule has 1 aliphatic rings. The average molecular weight is 328 g/mol. The summed E-state index contributed by atoms with van der Waals surface area (Å²) in [5.41, 5.74) is -0.0192. The second-order valence-electron chi connectivity index (χ2n) is 5.63. The molecule has 1 saturated carbocycles. The van der Waals surface area contributed by atoms with Crippen LogP contribution in [0.5, 0.6) is 0 Å². The lowest BCUT2D eigenvalue weighted by Gasteiger charge is -2.13. The first-order valence-corrected chi connectivity index (χ1v) is 7.33. The molecule has 0 aliphatic heterocycles. The first kappa shape index (κ1) is 17.5. The van der Waals surface area contributed by atoms with Gasteiger partial charge in [0, 0.05) is 0 Å². The van der Waals surface area contributed by atoms with Crippen LogP contribution in [0.25, 0.3) is 0 Å². The fourth-order valence-corrected chi connectivity index (χ4v) is 2.85. The van der Waals surface area contributed by atoms with Crippen LogP contribution in [-0.2, 0) is 27.1 Å². The van der Waals surface area contributed by atoms with Crippen molar-refractivity contribution in [2.45, 2.75) is 31.7 Å². The first-order chi connectivity index (χ1) is 10.8. The summed E-state index contributed by atoms with van der Waals surface area (Å²) in [6.45, 7) is 3.93. The highest BCUT2D eigenvalue weighted by atomic mass is 19.4. The van der Waals surface area contributed by atoms with E-state index in [1.807, 2.05) is 0 Å². The van der Waals surface area contributed by atoms with Gasteiger partial charge < -0.3 is 9.47 Å². The molecule has 2 rings (SSSR count). The third-order valence-corrected chi connectivity index (χ3v) is 4.14. The van der Waals surface area contributed by atoms with Crippen LogP contribution in [0, 0.1) is 11.8 Å². The van der Waals surface area contributed by atoms with Gasteiger partial charge in [-0.3, -0.25) is 4.79 Å². The molecule has 0 aromatic heterocycles. The van der Waals surface area contributed by atoms with Gasteiger partial charge in [0.15, 0.2) is 0 Å². The van der Waals surface area contributed by atoms with E-state index in [-0.39, 0.29) is 30.5 Å². The van der Waals surface area contributed by atoms with Crippen LogP contribution < -0.4 is 0 Å². The lowest BCUT2D eigenvalue weighted by atomic mass is 9.97. The van der Waals surface area contributed by atoms with Gasteiger partial charge in [-0.2, -0.15) is 13.2 Å². The molecule has 1 aromatic carbocycles. The fourth-order valence-electron chi connectivity index (χ4n) is 2.85. The molecule has 3 nitrogen and oxygen atoms in total. The van der Waals surface area contributed by atoms with E-state index in [0.29, 0.717) is 18.4 Å². The third-order valence-electron chi connectivity index (χ3n) is 4.14. The van der Waals surface area contributed by atoms with Gasteiger partial charge in [-0.25, -0.2) is 0 Å². The predicted molar refractivity (Wildman–Crippen MR) is 78.4 cm³/mol. The zero-order valence-corrected chi connectivity index (χ0v) is 12.8. The smallest absolute Gasteiger partial charge is 0.416 e. The number of hydrogen-bond donors (Lipinski definition) is 0. The van der Waals surface area contributed by atoms with E-state index in [1.54, 1.807) is 6.08 Å². The molecule has 0 amide bonds. The predicted octanol–water partition coefficient (Wildman–Crippen LogP) is 3.98. The molecule has 23 heavy (non-hydrogen) atoms. The molecule has 0 N–H and O–H groups in total. The first-order valence-electron chi connectivity index (χ1n) is 7.33. The van der Waals surface area contributed by atoms with Crippen molar-refractivity contribution in [2.24, 2.45) is 11.8 Å². The number of benzene rings is 1. The Kier molecular flexibility index (Phi) is 5.46. The molecule has 1 aliphatic carbocycles. The Hall–Kier alpha value is -1.82. The van der Waals surface area contributed by atoms with Gasteiger partial charge >= 0.3 is 12.1 Å². The maximum Gasteiger partial charge on any atom is 0.416 e. The van der Waals surface area contributed by atoms with Crippen molar-refractivity contribution >= 4 is 5.97 Å². The highest BCUT2D eigenvalue weighted by Crippen LogP contribution is 2.36. The molecule has 0 unspecified atom stereocenters. The van der Waals surface area contributed by atoms with Crippen molar-refractivity contribution in [1.29, 1.82) is 0 Å². The molecule has 0 radical (unpaired) electrons. The van der Waals surface area contributed by atoms with E-state index in [0.717, 1.165) is 12.1 Å². The SMILES string of the molecule is C=C[C@@H]1C[C@H](OCc2ccc(C(F)(F)F)cc2)C[C@@H]1C(=O)OC. The van der Waals surface area contributed by atoms with Gasteiger partial charge in [0.25, 0.3) is 0 Å². The second-order valence-corrected chi connectivity index (χ2v) is 5.63.